The van der Waals surface area contributed by atoms with Gasteiger partial charge in [-0.15, -0.1) is 0 Å². The molecule has 0 atom stereocenters. The number of aliphatic carboxylic acids is 1. The number of rotatable bonds is 4. The summed E-state index contributed by atoms with van der Waals surface area (Å²) in [7, 11) is 0. The van der Waals surface area contributed by atoms with Crippen molar-refractivity contribution in [3.8, 4) is 17.6 Å². The van der Waals surface area contributed by atoms with Crippen LogP contribution in [0.1, 0.15) is 26.3 Å². The SMILES string of the molecule is CC(C)(C)OC(=O)NCC#Cc1ccccc1OCC(=O)O. The average Bonchev–Trinajstić information content (AvgIpc) is 2.40. The van der Waals surface area contributed by atoms with Crippen LogP contribution >= 0.6 is 0 Å². The normalized spacial score (nSPS) is 10.1. The van der Waals surface area contributed by atoms with Gasteiger partial charge in [-0.25, -0.2) is 9.59 Å². The van der Waals surface area contributed by atoms with E-state index < -0.39 is 24.3 Å². The van der Waals surface area contributed by atoms with Crippen LogP contribution in [-0.4, -0.2) is 35.9 Å². The number of carboxylic acid groups (broad SMARTS) is 1. The molecule has 0 radical (unpaired) electrons. The number of ether oxygens (including phenoxy) is 2. The number of amides is 1. The Morgan fingerprint density at radius 1 is 1.27 bits per heavy atom. The maximum absolute atomic E-state index is 11.4. The van der Waals surface area contributed by atoms with Crippen molar-refractivity contribution in [3.63, 3.8) is 0 Å². The maximum Gasteiger partial charge on any atom is 0.408 e. The summed E-state index contributed by atoms with van der Waals surface area (Å²) in [5.41, 5.74) is -0.0100. The van der Waals surface area contributed by atoms with Gasteiger partial charge in [0.15, 0.2) is 6.61 Å². The van der Waals surface area contributed by atoms with Gasteiger partial charge in [0.05, 0.1) is 12.1 Å². The molecule has 22 heavy (non-hydrogen) atoms. The van der Waals surface area contributed by atoms with Crippen molar-refractivity contribution in [3.05, 3.63) is 29.8 Å². The molecule has 0 saturated carbocycles. The summed E-state index contributed by atoms with van der Waals surface area (Å²) in [5.74, 6) is 4.90. The molecule has 0 aromatic heterocycles. The topological polar surface area (TPSA) is 84.9 Å². The number of carbonyl (C=O) groups excluding carboxylic acids is 1. The molecule has 0 unspecified atom stereocenters. The predicted molar refractivity (Wildman–Crippen MR) is 80.7 cm³/mol. The van der Waals surface area contributed by atoms with Gasteiger partial charge in [-0.3, -0.25) is 0 Å². The van der Waals surface area contributed by atoms with E-state index in [4.69, 9.17) is 14.6 Å². The van der Waals surface area contributed by atoms with E-state index in [1.54, 1.807) is 45.0 Å². The summed E-state index contributed by atoms with van der Waals surface area (Å²) in [5, 5.41) is 11.1. The minimum atomic E-state index is -1.06. The van der Waals surface area contributed by atoms with Crippen LogP contribution < -0.4 is 10.1 Å². The standard InChI is InChI=1S/C16H19NO5/c1-16(2,3)22-15(20)17-10-6-8-12-7-4-5-9-13(12)21-11-14(18)19/h4-5,7,9H,10-11H2,1-3H3,(H,17,20)(H,18,19). The zero-order valence-corrected chi connectivity index (χ0v) is 12.8. The lowest BCUT2D eigenvalue weighted by atomic mass is 10.2. The molecule has 0 fully saturated rings. The third-order valence-corrected chi connectivity index (χ3v) is 2.18. The van der Waals surface area contributed by atoms with Gasteiger partial charge in [-0.2, -0.15) is 0 Å². The van der Waals surface area contributed by atoms with Gasteiger partial charge in [-0.05, 0) is 32.9 Å². The Morgan fingerprint density at radius 2 is 1.95 bits per heavy atom. The second-order valence-corrected chi connectivity index (χ2v) is 5.34. The summed E-state index contributed by atoms with van der Waals surface area (Å²) < 4.78 is 10.2. The van der Waals surface area contributed by atoms with Crippen molar-refractivity contribution in [2.24, 2.45) is 0 Å². The molecule has 1 aromatic carbocycles. The summed E-state index contributed by atoms with van der Waals surface area (Å²) in [6, 6.07) is 6.83. The molecule has 0 bridgehead atoms. The highest BCUT2D eigenvalue weighted by Crippen LogP contribution is 2.16. The highest BCUT2D eigenvalue weighted by Gasteiger charge is 2.15. The number of hydrogen-bond acceptors (Lipinski definition) is 4. The molecule has 118 valence electrons. The van der Waals surface area contributed by atoms with Gasteiger partial charge in [0.2, 0.25) is 0 Å². The fourth-order valence-electron chi connectivity index (χ4n) is 1.41. The van der Waals surface area contributed by atoms with Crippen LogP contribution in [0.2, 0.25) is 0 Å². The van der Waals surface area contributed by atoms with Crippen molar-refractivity contribution in [2.45, 2.75) is 26.4 Å². The van der Waals surface area contributed by atoms with Crippen LogP contribution in [0.25, 0.3) is 0 Å². The molecule has 0 spiro atoms. The van der Waals surface area contributed by atoms with Crippen molar-refractivity contribution >= 4 is 12.1 Å². The van der Waals surface area contributed by atoms with E-state index in [1.807, 2.05) is 0 Å². The molecule has 0 aliphatic heterocycles. The third-order valence-electron chi connectivity index (χ3n) is 2.18. The molecular formula is C16H19NO5. The zero-order chi connectivity index (χ0) is 16.6. The second kappa shape index (κ2) is 7.93. The summed E-state index contributed by atoms with van der Waals surface area (Å²) in [6.45, 7) is 4.99. The van der Waals surface area contributed by atoms with E-state index in [0.29, 0.717) is 11.3 Å². The number of para-hydroxylation sites is 1. The van der Waals surface area contributed by atoms with E-state index in [0.717, 1.165) is 0 Å². The molecule has 2 N–H and O–H groups in total. The number of nitrogens with one attached hydrogen (secondary N) is 1. The first-order valence-corrected chi connectivity index (χ1v) is 6.67. The summed E-state index contributed by atoms with van der Waals surface area (Å²) in [6.07, 6.45) is -0.544. The van der Waals surface area contributed by atoms with Crippen molar-refractivity contribution in [1.82, 2.24) is 5.32 Å². The van der Waals surface area contributed by atoms with Crippen molar-refractivity contribution in [1.29, 1.82) is 0 Å². The molecule has 6 nitrogen and oxygen atoms in total. The molecule has 0 aliphatic carbocycles. The van der Waals surface area contributed by atoms with E-state index in [2.05, 4.69) is 17.2 Å². The molecule has 1 amide bonds. The van der Waals surface area contributed by atoms with E-state index >= 15 is 0 Å². The Hall–Kier alpha value is -2.68. The fraction of sp³-hybridized carbons (Fsp3) is 0.375. The van der Waals surface area contributed by atoms with Gasteiger partial charge in [0.1, 0.15) is 11.4 Å². The van der Waals surface area contributed by atoms with Crippen LogP contribution in [0.4, 0.5) is 4.79 Å². The Morgan fingerprint density at radius 3 is 2.59 bits per heavy atom. The Bertz CT molecular complexity index is 593. The van der Waals surface area contributed by atoms with Gasteiger partial charge in [0.25, 0.3) is 0 Å². The monoisotopic (exact) mass is 305 g/mol. The van der Waals surface area contributed by atoms with Crippen molar-refractivity contribution in [2.75, 3.05) is 13.2 Å². The molecule has 0 saturated heterocycles. The first-order chi connectivity index (χ1) is 10.3. The quantitative estimate of drug-likeness (QED) is 0.831. The van der Waals surface area contributed by atoms with Gasteiger partial charge in [-0.1, -0.05) is 24.0 Å². The van der Waals surface area contributed by atoms with E-state index in [9.17, 15) is 9.59 Å². The molecule has 0 aliphatic rings. The fourth-order valence-corrected chi connectivity index (χ4v) is 1.41. The molecule has 1 aromatic rings. The predicted octanol–water partition coefficient (Wildman–Crippen LogP) is 2.03. The van der Waals surface area contributed by atoms with E-state index in [-0.39, 0.29) is 6.54 Å². The summed E-state index contributed by atoms with van der Waals surface area (Å²) >= 11 is 0. The van der Waals surface area contributed by atoms with Crippen LogP contribution in [0.3, 0.4) is 0 Å². The largest absolute Gasteiger partial charge is 0.481 e. The Kier molecular flexibility index (Phi) is 6.26. The average molecular weight is 305 g/mol. The first-order valence-electron chi connectivity index (χ1n) is 6.67. The molecule has 0 heterocycles. The third kappa shape index (κ3) is 7.20. The van der Waals surface area contributed by atoms with Crippen LogP contribution in [-0.2, 0) is 9.53 Å². The minimum absolute atomic E-state index is 0.113. The molecule has 1 rings (SSSR count). The number of hydrogen-bond donors (Lipinski definition) is 2. The zero-order valence-electron chi connectivity index (χ0n) is 12.8. The first kappa shape index (κ1) is 17.4. The second-order valence-electron chi connectivity index (χ2n) is 5.34. The summed E-state index contributed by atoms with van der Waals surface area (Å²) in [4.78, 5) is 21.9. The Labute approximate surface area is 129 Å². The van der Waals surface area contributed by atoms with Crippen LogP contribution in [0.5, 0.6) is 5.75 Å². The highest BCUT2D eigenvalue weighted by atomic mass is 16.6. The molecular weight excluding hydrogens is 286 g/mol. The van der Waals surface area contributed by atoms with Gasteiger partial charge in [0, 0.05) is 0 Å². The maximum atomic E-state index is 11.4. The lowest BCUT2D eigenvalue weighted by Crippen LogP contribution is -2.32. The van der Waals surface area contributed by atoms with Crippen molar-refractivity contribution < 1.29 is 24.2 Å². The minimum Gasteiger partial charge on any atom is -0.481 e. The van der Waals surface area contributed by atoms with Crippen LogP contribution in [0.15, 0.2) is 24.3 Å². The highest BCUT2D eigenvalue weighted by molar-refractivity contribution is 5.69. The van der Waals surface area contributed by atoms with Gasteiger partial charge < -0.3 is 19.9 Å². The Balaban J connectivity index is 2.57. The number of carboxylic acids is 1. The van der Waals surface area contributed by atoms with E-state index in [1.165, 1.54) is 0 Å². The lowest BCUT2D eigenvalue weighted by molar-refractivity contribution is -0.139. The number of carbonyl (C=O) groups is 2. The van der Waals surface area contributed by atoms with Crippen LogP contribution in [0, 0.1) is 11.8 Å². The molecule has 6 heteroatoms. The smallest absolute Gasteiger partial charge is 0.408 e. The van der Waals surface area contributed by atoms with Gasteiger partial charge >= 0.3 is 12.1 Å². The number of alkyl carbamates (subject to hydrolysis) is 1. The lowest BCUT2D eigenvalue weighted by Gasteiger charge is -2.19. The number of benzene rings is 1.